The van der Waals surface area contributed by atoms with E-state index in [9.17, 15) is 13.2 Å². The first-order valence-electron chi connectivity index (χ1n) is 11.2. The van der Waals surface area contributed by atoms with Crippen LogP contribution in [0.2, 0.25) is 0 Å². The molecule has 34 heavy (non-hydrogen) atoms. The minimum Gasteiger partial charge on any atom is -0.493 e. The van der Waals surface area contributed by atoms with Crippen molar-refractivity contribution in [2.75, 3.05) is 6.61 Å². The summed E-state index contributed by atoms with van der Waals surface area (Å²) in [4.78, 5) is 11.1. The van der Waals surface area contributed by atoms with Gasteiger partial charge in [-0.05, 0) is 54.2 Å². The molecule has 0 atom stereocenters. The molecule has 6 nitrogen and oxygen atoms in total. The highest BCUT2D eigenvalue weighted by Gasteiger charge is 2.12. The normalized spacial score (nSPS) is 11.5. The topological polar surface area (TPSA) is 92.7 Å². The van der Waals surface area contributed by atoms with Gasteiger partial charge in [0.1, 0.15) is 5.75 Å². The molecule has 0 saturated heterocycles. The van der Waals surface area contributed by atoms with Crippen LogP contribution in [0.4, 0.5) is 0 Å². The number of para-hydroxylation sites is 1. The predicted octanol–water partition coefficient (Wildman–Crippen LogP) is 5.05. The molecule has 0 radical (unpaired) electrons. The van der Waals surface area contributed by atoms with Gasteiger partial charge in [-0.2, -0.15) is 0 Å². The average Bonchev–Trinajstić information content (AvgIpc) is 2.85. The highest BCUT2D eigenvalue weighted by molar-refractivity contribution is 7.89. The zero-order valence-corrected chi connectivity index (χ0v) is 19.7. The second-order valence-electron chi connectivity index (χ2n) is 7.78. The molecule has 0 aliphatic heterocycles. The first kappa shape index (κ1) is 25.2. The molecule has 3 rings (SSSR count). The van der Waals surface area contributed by atoms with Gasteiger partial charge in [0, 0.05) is 13.0 Å². The van der Waals surface area contributed by atoms with Crippen molar-refractivity contribution in [2.45, 2.75) is 37.1 Å². The summed E-state index contributed by atoms with van der Waals surface area (Å²) in [7, 11) is -3.54. The van der Waals surface area contributed by atoms with Crippen LogP contribution >= 0.6 is 0 Å². The summed E-state index contributed by atoms with van der Waals surface area (Å²) in [5.41, 5.74) is 2.78. The number of nitrogens with one attached hydrogen (secondary N) is 1. The van der Waals surface area contributed by atoms with Gasteiger partial charge in [-0.15, -0.1) is 0 Å². The Kier molecular flexibility index (Phi) is 9.43. The van der Waals surface area contributed by atoms with Crippen molar-refractivity contribution in [1.29, 1.82) is 0 Å². The Hall–Kier alpha value is -3.42. The fourth-order valence-electron chi connectivity index (χ4n) is 3.36. The number of ether oxygens (including phenoxy) is 1. The van der Waals surface area contributed by atoms with Gasteiger partial charge in [-0.25, -0.2) is 13.1 Å². The minimum atomic E-state index is -3.54. The zero-order chi connectivity index (χ0) is 24.2. The summed E-state index contributed by atoms with van der Waals surface area (Å²) in [6.07, 6.45) is 6.24. The van der Waals surface area contributed by atoms with Crippen molar-refractivity contribution in [3.63, 3.8) is 0 Å². The van der Waals surface area contributed by atoms with Crippen LogP contribution in [-0.4, -0.2) is 26.1 Å². The molecule has 3 aromatic rings. The van der Waals surface area contributed by atoms with Crippen molar-refractivity contribution in [3.05, 3.63) is 102 Å². The number of aryl methyl sites for hydroxylation is 1. The maximum Gasteiger partial charge on any atom is 0.303 e. The van der Waals surface area contributed by atoms with Gasteiger partial charge in [0.25, 0.3) is 0 Å². The number of hydrogen-bond donors (Lipinski definition) is 2. The Bertz CT molecular complexity index is 1210. The number of sulfonamides is 1. The molecule has 0 saturated carbocycles. The summed E-state index contributed by atoms with van der Waals surface area (Å²) in [6, 6.07) is 23.6. The first-order chi connectivity index (χ1) is 16.4. The molecule has 0 aromatic heterocycles. The van der Waals surface area contributed by atoms with Crippen molar-refractivity contribution in [2.24, 2.45) is 0 Å². The second-order valence-corrected chi connectivity index (χ2v) is 9.54. The third kappa shape index (κ3) is 8.17. The monoisotopic (exact) mass is 479 g/mol. The number of hydrogen-bond acceptors (Lipinski definition) is 4. The Morgan fingerprint density at radius 2 is 1.74 bits per heavy atom. The van der Waals surface area contributed by atoms with Crippen LogP contribution in [-0.2, 0) is 27.8 Å². The lowest BCUT2D eigenvalue weighted by molar-refractivity contribution is -0.136. The predicted molar refractivity (Wildman–Crippen MR) is 133 cm³/mol. The van der Waals surface area contributed by atoms with E-state index in [2.05, 4.69) is 10.8 Å². The van der Waals surface area contributed by atoms with E-state index in [4.69, 9.17) is 9.84 Å². The molecule has 2 N–H and O–H groups in total. The maximum absolute atomic E-state index is 12.4. The van der Waals surface area contributed by atoms with E-state index in [0.29, 0.717) is 13.0 Å². The van der Waals surface area contributed by atoms with E-state index in [1.807, 2.05) is 54.6 Å². The Balaban J connectivity index is 1.45. The molecule has 0 amide bonds. The van der Waals surface area contributed by atoms with Crippen molar-refractivity contribution in [3.8, 4) is 5.75 Å². The molecule has 0 unspecified atom stereocenters. The first-order valence-corrected chi connectivity index (χ1v) is 12.6. The van der Waals surface area contributed by atoms with Gasteiger partial charge in [-0.3, -0.25) is 4.79 Å². The molecule has 0 spiro atoms. The summed E-state index contributed by atoms with van der Waals surface area (Å²) in [6.45, 7) is 0.754. The number of allylic oxidation sites excluding steroid dienone is 1. The second kappa shape index (κ2) is 12.7. The van der Waals surface area contributed by atoms with Crippen molar-refractivity contribution < 1.29 is 23.1 Å². The number of unbranched alkanes of at least 4 members (excludes halogenated alkanes) is 1. The quantitative estimate of drug-likeness (QED) is 0.335. The third-order valence-electron chi connectivity index (χ3n) is 5.13. The Morgan fingerprint density at radius 1 is 0.971 bits per heavy atom. The maximum atomic E-state index is 12.4. The van der Waals surface area contributed by atoms with E-state index < -0.39 is 16.0 Å². The molecule has 7 heteroatoms. The highest BCUT2D eigenvalue weighted by Crippen LogP contribution is 2.20. The van der Waals surface area contributed by atoms with Crippen LogP contribution in [0.15, 0.2) is 89.8 Å². The Morgan fingerprint density at radius 3 is 2.53 bits per heavy atom. The standard InChI is InChI=1S/C27H29NO5S/c29-27(30)18-17-24-13-6-7-16-26(24)33-19-8-2-3-10-22-11-9-12-23(20-22)21-28-34(31,32)25-14-4-1-5-15-25/h1,3-7,9-16,20,28H,2,8,17-19,21H2,(H,29,30)/b10-3+. The van der Waals surface area contributed by atoms with E-state index in [1.165, 1.54) is 0 Å². The lowest BCUT2D eigenvalue weighted by atomic mass is 10.1. The molecular formula is C27H29NO5S. The molecule has 0 heterocycles. The van der Waals surface area contributed by atoms with E-state index in [0.717, 1.165) is 35.3 Å². The van der Waals surface area contributed by atoms with Gasteiger partial charge < -0.3 is 9.84 Å². The van der Waals surface area contributed by atoms with Crippen LogP contribution < -0.4 is 9.46 Å². The molecular weight excluding hydrogens is 450 g/mol. The van der Waals surface area contributed by atoms with Crippen LogP contribution in [0.3, 0.4) is 0 Å². The molecule has 0 aliphatic rings. The van der Waals surface area contributed by atoms with Gasteiger partial charge in [0.15, 0.2) is 0 Å². The SMILES string of the molecule is O=C(O)CCc1ccccc1OCCC/C=C/c1cccc(CNS(=O)(=O)c2ccccc2)c1. The van der Waals surface area contributed by atoms with Gasteiger partial charge in [-0.1, -0.05) is 72.8 Å². The van der Waals surface area contributed by atoms with Gasteiger partial charge >= 0.3 is 5.97 Å². The third-order valence-corrected chi connectivity index (χ3v) is 6.55. The summed E-state index contributed by atoms with van der Waals surface area (Å²) >= 11 is 0. The number of rotatable bonds is 13. The number of aliphatic carboxylic acids is 1. The number of carboxylic acids is 1. The van der Waals surface area contributed by atoms with Crippen molar-refractivity contribution in [1.82, 2.24) is 4.72 Å². The lowest BCUT2D eigenvalue weighted by Crippen LogP contribution is -2.23. The molecule has 0 aliphatic carbocycles. The number of benzene rings is 3. The molecule has 178 valence electrons. The Labute approximate surface area is 201 Å². The van der Waals surface area contributed by atoms with Crippen LogP contribution in [0.5, 0.6) is 5.75 Å². The van der Waals surface area contributed by atoms with Gasteiger partial charge in [0.2, 0.25) is 10.0 Å². The van der Waals surface area contributed by atoms with Crippen LogP contribution in [0.25, 0.3) is 6.08 Å². The highest BCUT2D eigenvalue weighted by atomic mass is 32.2. The molecule has 3 aromatic carbocycles. The zero-order valence-electron chi connectivity index (χ0n) is 18.9. The number of carbonyl (C=O) groups is 1. The lowest BCUT2D eigenvalue weighted by Gasteiger charge is -2.10. The minimum absolute atomic E-state index is 0.0792. The van der Waals surface area contributed by atoms with Crippen LogP contribution in [0, 0.1) is 0 Å². The fraction of sp³-hybridized carbons (Fsp3) is 0.222. The number of carboxylic acid groups (broad SMARTS) is 1. The average molecular weight is 480 g/mol. The van der Waals surface area contributed by atoms with E-state index >= 15 is 0 Å². The summed E-state index contributed by atoms with van der Waals surface area (Å²) in [5, 5.41) is 8.88. The van der Waals surface area contributed by atoms with Crippen molar-refractivity contribution >= 4 is 22.1 Å². The van der Waals surface area contributed by atoms with E-state index in [1.54, 1.807) is 30.3 Å². The van der Waals surface area contributed by atoms with E-state index in [-0.39, 0.29) is 17.9 Å². The summed E-state index contributed by atoms with van der Waals surface area (Å²) in [5.74, 6) is -0.0870. The molecule has 0 bridgehead atoms. The largest absolute Gasteiger partial charge is 0.493 e. The van der Waals surface area contributed by atoms with Crippen LogP contribution in [0.1, 0.15) is 36.0 Å². The summed E-state index contributed by atoms with van der Waals surface area (Å²) < 4.78 is 33.3. The van der Waals surface area contributed by atoms with Gasteiger partial charge in [0.05, 0.1) is 11.5 Å². The fourth-order valence-corrected chi connectivity index (χ4v) is 4.40. The smallest absolute Gasteiger partial charge is 0.303 e. The molecule has 0 fully saturated rings.